The minimum atomic E-state index is -0.358. The lowest BCUT2D eigenvalue weighted by atomic mass is 10.0. The molecule has 9 nitrogen and oxygen atoms in total. The van der Waals surface area contributed by atoms with Gasteiger partial charge in [0.15, 0.2) is 5.82 Å². The average molecular weight is 542 g/mol. The lowest BCUT2D eigenvalue weighted by molar-refractivity contribution is -0.129. The van der Waals surface area contributed by atoms with E-state index in [0.717, 1.165) is 36.0 Å². The lowest BCUT2D eigenvalue weighted by Crippen LogP contribution is -2.37. The van der Waals surface area contributed by atoms with E-state index in [1.807, 2.05) is 6.07 Å². The van der Waals surface area contributed by atoms with E-state index in [0.29, 0.717) is 34.6 Å². The highest BCUT2D eigenvalue weighted by molar-refractivity contribution is 6.33. The molecule has 2 amide bonds. The minimum absolute atomic E-state index is 0.110. The molecule has 0 atom stereocenters. The van der Waals surface area contributed by atoms with Crippen molar-refractivity contribution in [1.29, 1.82) is 0 Å². The Labute approximate surface area is 226 Å². The maximum absolute atomic E-state index is 12.4. The van der Waals surface area contributed by atoms with Crippen molar-refractivity contribution in [3.8, 4) is 0 Å². The summed E-state index contributed by atoms with van der Waals surface area (Å²) in [7, 11) is 5.04. The first-order valence-electron chi connectivity index (χ1n) is 11.8. The number of fused-ring (bicyclic) bond motifs is 1. The summed E-state index contributed by atoms with van der Waals surface area (Å²) in [5.74, 6) is 0.465. The molecule has 37 heavy (non-hydrogen) atoms. The smallest absolute Gasteiger partial charge is 0.270 e. The van der Waals surface area contributed by atoms with Crippen LogP contribution in [0.3, 0.4) is 0 Å². The van der Waals surface area contributed by atoms with Gasteiger partial charge in [-0.25, -0.2) is 4.98 Å². The van der Waals surface area contributed by atoms with Crippen molar-refractivity contribution in [2.45, 2.75) is 12.8 Å². The molecule has 0 saturated heterocycles. The normalized spacial score (nSPS) is 13.3. The number of nitrogens with one attached hydrogen (secondary N) is 2. The van der Waals surface area contributed by atoms with Crippen molar-refractivity contribution >= 4 is 58.3 Å². The second-order valence-corrected chi connectivity index (χ2v) is 9.93. The fourth-order valence-corrected chi connectivity index (χ4v) is 4.29. The molecular formula is C26H29Cl2N7O2. The molecule has 194 valence electrons. The molecule has 2 aromatic carbocycles. The van der Waals surface area contributed by atoms with E-state index in [9.17, 15) is 9.59 Å². The van der Waals surface area contributed by atoms with Gasteiger partial charge >= 0.3 is 0 Å². The number of hydrogen-bond donors (Lipinski definition) is 2. The Balaban J connectivity index is 1.49. The highest BCUT2D eigenvalue weighted by atomic mass is 35.5. The number of nitrogens with zero attached hydrogens (tertiary/aromatic N) is 5. The second-order valence-electron chi connectivity index (χ2n) is 9.02. The third kappa shape index (κ3) is 6.68. The van der Waals surface area contributed by atoms with E-state index in [-0.39, 0.29) is 11.8 Å². The molecule has 0 bridgehead atoms. The lowest BCUT2D eigenvalue weighted by Gasteiger charge is -2.21. The molecule has 1 aliphatic heterocycles. The largest absolute Gasteiger partial charge is 0.348 e. The summed E-state index contributed by atoms with van der Waals surface area (Å²) in [4.78, 5) is 37.2. The molecule has 0 aliphatic carbocycles. The van der Waals surface area contributed by atoms with Gasteiger partial charge < -0.3 is 15.5 Å². The SMILES string of the molecule is CN(C)C(=O)CN1CCc2ccc(Nc3ncc(Cl)c(Nc4ccccc4C(=O)N(C)Cl)n3)cc2CC1. The number of rotatable bonds is 7. The van der Waals surface area contributed by atoms with Crippen LogP contribution in [0.5, 0.6) is 0 Å². The summed E-state index contributed by atoms with van der Waals surface area (Å²) in [5.41, 5.74) is 4.26. The van der Waals surface area contributed by atoms with Crippen molar-refractivity contribution in [3.63, 3.8) is 0 Å². The van der Waals surface area contributed by atoms with E-state index >= 15 is 0 Å². The van der Waals surface area contributed by atoms with Crippen LogP contribution in [-0.2, 0) is 17.6 Å². The number of para-hydroxylation sites is 1. The zero-order valence-corrected chi connectivity index (χ0v) is 22.5. The van der Waals surface area contributed by atoms with Crippen LogP contribution in [-0.4, -0.2) is 76.8 Å². The molecule has 0 saturated carbocycles. The molecule has 2 N–H and O–H groups in total. The van der Waals surface area contributed by atoms with E-state index in [1.54, 1.807) is 43.3 Å². The molecule has 0 fully saturated rings. The molecule has 3 aromatic rings. The number of hydrogen-bond acceptors (Lipinski definition) is 7. The van der Waals surface area contributed by atoms with E-state index in [1.165, 1.54) is 24.4 Å². The number of halogens is 2. The average Bonchev–Trinajstić information content (AvgIpc) is 3.07. The highest BCUT2D eigenvalue weighted by Crippen LogP contribution is 2.28. The summed E-state index contributed by atoms with van der Waals surface area (Å²) >= 11 is 12.2. The first-order valence-corrected chi connectivity index (χ1v) is 12.6. The zero-order chi connectivity index (χ0) is 26.5. The summed E-state index contributed by atoms with van der Waals surface area (Å²) in [5, 5.41) is 6.68. The van der Waals surface area contributed by atoms with Crippen molar-refractivity contribution in [2.24, 2.45) is 0 Å². The van der Waals surface area contributed by atoms with E-state index in [4.69, 9.17) is 23.4 Å². The summed E-state index contributed by atoms with van der Waals surface area (Å²) in [6, 6.07) is 13.2. The Kier molecular flexibility index (Phi) is 8.48. The number of carbonyl (C=O) groups excluding carboxylic acids is 2. The summed E-state index contributed by atoms with van der Waals surface area (Å²) in [6.07, 6.45) is 3.23. The zero-order valence-electron chi connectivity index (χ0n) is 21.0. The minimum Gasteiger partial charge on any atom is -0.348 e. The van der Waals surface area contributed by atoms with Crippen LogP contribution < -0.4 is 10.6 Å². The van der Waals surface area contributed by atoms with Crippen LogP contribution in [0.2, 0.25) is 5.02 Å². The number of benzene rings is 2. The van der Waals surface area contributed by atoms with Gasteiger partial charge in [-0.3, -0.25) is 18.9 Å². The maximum Gasteiger partial charge on any atom is 0.270 e. The Morgan fingerprint density at radius 3 is 2.49 bits per heavy atom. The summed E-state index contributed by atoms with van der Waals surface area (Å²) in [6.45, 7) is 2.09. The molecule has 4 rings (SSSR count). The molecule has 11 heteroatoms. The molecule has 0 unspecified atom stereocenters. The topological polar surface area (TPSA) is 93.7 Å². The number of carbonyl (C=O) groups is 2. The van der Waals surface area contributed by atoms with Gasteiger partial charge in [-0.05, 0) is 48.2 Å². The van der Waals surface area contributed by atoms with Gasteiger partial charge in [0.1, 0.15) is 5.02 Å². The fraction of sp³-hybridized carbons (Fsp3) is 0.308. The second kappa shape index (κ2) is 11.8. The molecule has 1 aliphatic rings. The molecule has 2 heterocycles. The quantitative estimate of drug-likeness (QED) is 0.430. The van der Waals surface area contributed by atoms with Crippen LogP contribution in [0.15, 0.2) is 48.7 Å². The van der Waals surface area contributed by atoms with E-state index < -0.39 is 0 Å². The van der Waals surface area contributed by atoms with Crippen LogP contribution >= 0.6 is 23.4 Å². The van der Waals surface area contributed by atoms with Gasteiger partial charge in [0.2, 0.25) is 11.9 Å². The number of anilines is 4. The van der Waals surface area contributed by atoms with Crippen molar-refractivity contribution in [3.05, 3.63) is 70.4 Å². The monoisotopic (exact) mass is 541 g/mol. The Morgan fingerprint density at radius 1 is 1.03 bits per heavy atom. The maximum atomic E-state index is 12.4. The molecule has 0 spiro atoms. The standard InChI is InChI=1S/C26H29Cl2N7O2/c1-33(2)23(36)16-35-12-10-17-8-9-19(14-18(17)11-13-35)30-26-29-15-21(27)24(32-26)31-22-7-5-4-6-20(22)25(37)34(3)28/h4-9,14-15H,10-13,16H2,1-3H3,(H2,29,30,31,32). The number of amides is 2. The highest BCUT2D eigenvalue weighted by Gasteiger charge is 2.19. The first-order chi connectivity index (χ1) is 17.7. The Morgan fingerprint density at radius 2 is 1.76 bits per heavy atom. The van der Waals surface area contributed by atoms with Crippen molar-refractivity contribution in [1.82, 2.24) is 24.2 Å². The Hall–Kier alpha value is -3.40. The third-order valence-electron chi connectivity index (χ3n) is 6.15. The predicted molar refractivity (Wildman–Crippen MR) is 147 cm³/mol. The van der Waals surface area contributed by atoms with Gasteiger partial charge in [-0.1, -0.05) is 29.8 Å². The first kappa shape index (κ1) is 26.7. The van der Waals surface area contributed by atoms with Gasteiger partial charge in [0.25, 0.3) is 5.91 Å². The van der Waals surface area contributed by atoms with Crippen LogP contribution in [0.25, 0.3) is 0 Å². The predicted octanol–water partition coefficient (Wildman–Crippen LogP) is 4.33. The van der Waals surface area contributed by atoms with E-state index in [2.05, 4.69) is 37.6 Å². The van der Waals surface area contributed by atoms with Crippen LogP contribution in [0.1, 0.15) is 21.5 Å². The van der Waals surface area contributed by atoms with Crippen molar-refractivity contribution in [2.75, 3.05) is 51.4 Å². The number of aromatic nitrogens is 2. The van der Waals surface area contributed by atoms with Crippen molar-refractivity contribution < 1.29 is 9.59 Å². The third-order valence-corrected chi connectivity index (χ3v) is 6.58. The van der Waals surface area contributed by atoms with Gasteiger partial charge in [-0.2, -0.15) is 4.98 Å². The van der Waals surface area contributed by atoms with Gasteiger partial charge in [0.05, 0.1) is 24.0 Å². The number of likely N-dealkylation sites (N-methyl/N-ethyl adjacent to an activating group) is 1. The van der Waals surface area contributed by atoms with Crippen LogP contribution in [0, 0.1) is 0 Å². The Bertz CT molecular complexity index is 1300. The fourth-order valence-electron chi connectivity index (χ4n) is 4.06. The molecular weight excluding hydrogens is 513 g/mol. The van der Waals surface area contributed by atoms with Crippen LogP contribution in [0.4, 0.5) is 23.1 Å². The molecule has 1 aromatic heterocycles. The van der Waals surface area contributed by atoms with Gasteiger partial charge in [0, 0.05) is 51.7 Å². The summed E-state index contributed by atoms with van der Waals surface area (Å²) < 4.78 is 0.993. The van der Waals surface area contributed by atoms with Gasteiger partial charge in [-0.15, -0.1) is 0 Å². The molecule has 0 radical (unpaired) electrons.